The summed E-state index contributed by atoms with van der Waals surface area (Å²) in [6.07, 6.45) is 5.24. The fourth-order valence-corrected chi connectivity index (χ4v) is 5.07. The molecule has 3 heterocycles. The van der Waals surface area contributed by atoms with E-state index in [1.165, 1.54) is 18.3 Å². The van der Waals surface area contributed by atoms with Crippen molar-refractivity contribution in [1.82, 2.24) is 25.0 Å². The third kappa shape index (κ3) is 6.57. The van der Waals surface area contributed by atoms with Crippen molar-refractivity contribution in [3.8, 4) is 22.9 Å². The summed E-state index contributed by atoms with van der Waals surface area (Å²) < 4.78 is 45.6. The maximum Gasteiger partial charge on any atom is 0.232 e. The summed E-state index contributed by atoms with van der Waals surface area (Å²) in [5, 5.41) is 6.71. The standard InChI is InChI=1S/C27H26ClFN6O3S/c28-21-11-10-20(24(35-39(36)37)17-6-2-1-3-7-17)23(29)25(21)38-26-19(9-5-14-31-26)22-12-15-32-27(34-22)33-18-8-4-13-30-16-18/h1-3,5-7,9-12,14-15,18,24,30,35H,4,8,13,16H2,(H,36,37)(H,32,33,34)/t18-,24-/m0/s1. The number of piperidine rings is 1. The summed E-state index contributed by atoms with van der Waals surface area (Å²) in [7, 11) is 0. The monoisotopic (exact) mass is 568 g/mol. The molecule has 12 heteroatoms. The van der Waals surface area contributed by atoms with Gasteiger partial charge in [-0.1, -0.05) is 48.0 Å². The zero-order chi connectivity index (χ0) is 27.2. The van der Waals surface area contributed by atoms with E-state index in [-0.39, 0.29) is 28.3 Å². The van der Waals surface area contributed by atoms with Crippen LogP contribution in [0.3, 0.4) is 0 Å². The summed E-state index contributed by atoms with van der Waals surface area (Å²) in [5.41, 5.74) is 1.71. The van der Waals surface area contributed by atoms with Crippen LogP contribution in [0.5, 0.6) is 11.6 Å². The van der Waals surface area contributed by atoms with Crippen LogP contribution in [-0.2, 0) is 11.3 Å². The van der Waals surface area contributed by atoms with Gasteiger partial charge in [-0.25, -0.2) is 28.3 Å². The molecule has 1 aliphatic heterocycles. The minimum Gasteiger partial charge on any atom is -0.434 e. The zero-order valence-corrected chi connectivity index (χ0v) is 22.3. The highest BCUT2D eigenvalue weighted by Gasteiger charge is 2.25. The number of ether oxygens (including phenoxy) is 1. The number of halogens is 2. The van der Waals surface area contributed by atoms with Crippen LogP contribution in [0, 0.1) is 5.82 Å². The zero-order valence-electron chi connectivity index (χ0n) is 20.7. The number of nitrogens with one attached hydrogen (secondary N) is 3. The minimum atomic E-state index is -2.42. The fraction of sp³-hybridized carbons (Fsp3) is 0.222. The Morgan fingerprint density at radius 1 is 1.10 bits per heavy atom. The van der Waals surface area contributed by atoms with E-state index in [0.29, 0.717) is 22.8 Å². The first kappa shape index (κ1) is 27.1. The lowest BCUT2D eigenvalue weighted by Gasteiger charge is -2.23. The normalized spacial score (nSPS) is 16.8. The van der Waals surface area contributed by atoms with Crippen LogP contribution in [0.4, 0.5) is 10.3 Å². The fourth-order valence-electron chi connectivity index (χ4n) is 4.42. The Kier molecular flexibility index (Phi) is 8.74. The average Bonchev–Trinajstić information content (AvgIpc) is 2.96. The largest absolute Gasteiger partial charge is 0.434 e. The molecule has 3 atom stereocenters. The summed E-state index contributed by atoms with van der Waals surface area (Å²) in [6, 6.07) is 16.2. The molecule has 2 aromatic carbocycles. The smallest absolute Gasteiger partial charge is 0.232 e. The maximum absolute atomic E-state index is 16.0. The van der Waals surface area contributed by atoms with Gasteiger partial charge < -0.3 is 15.4 Å². The van der Waals surface area contributed by atoms with Gasteiger partial charge in [0.25, 0.3) is 0 Å². The van der Waals surface area contributed by atoms with E-state index in [1.54, 1.807) is 54.7 Å². The van der Waals surface area contributed by atoms with Gasteiger partial charge in [0, 0.05) is 30.5 Å². The summed E-state index contributed by atoms with van der Waals surface area (Å²) in [5.74, 6) is -0.493. The Morgan fingerprint density at radius 3 is 2.72 bits per heavy atom. The number of aromatic nitrogens is 3. The molecule has 4 aromatic rings. The number of benzene rings is 2. The lowest BCUT2D eigenvalue weighted by Crippen LogP contribution is -2.38. The first-order valence-corrected chi connectivity index (χ1v) is 13.8. The first-order chi connectivity index (χ1) is 19.0. The molecule has 0 saturated carbocycles. The van der Waals surface area contributed by atoms with Crippen molar-refractivity contribution in [2.75, 3.05) is 18.4 Å². The molecule has 2 aromatic heterocycles. The van der Waals surface area contributed by atoms with Crippen LogP contribution in [-0.4, -0.2) is 42.8 Å². The lowest BCUT2D eigenvalue weighted by molar-refractivity contribution is 0.423. The Hall–Kier alpha value is -3.48. The van der Waals surface area contributed by atoms with Gasteiger partial charge in [0.2, 0.25) is 23.1 Å². The third-order valence-corrected chi connectivity index (χ3v) is 7.01. The van der Waals surface area contributed by atoms with Crippen LogP contribution in [0.15, 0.2) is 73.1 Å². The molecule has 0 radical (unpaired) electrons. The predicted octanol–water partition coefficient (Wildman–Crippen LogP) is 5.10. The first-order valence-electron chi connectivity index (χ1n) is 12.3. The Bertz CT molecular complexity index is 1460. The molecule has 39 heavy (non-hydrogen) atoms. The molecule has 0 bridgehead atoms. The summed E-state index contributed by atoms with van der Waals surface area (Å²) in [6.45, 7) is 1.82. The van der Waals surface area contributed by atoms with Gasteiger partial charge in [-0.2, -0.15) is 0 Å². The van der Waals surface area contributed by atoms with E-state index in [1.807, 2.05) is 0 Å². The molecule has 4 N–H and O–H groups in total. The molecule has 9 nitrogen and oxygen atoms in total. The Morgan fingerprint density at radius 2 is 1.95 bits per heavy atom. The second-order valence-corrected chi connectivity index (χ2v) is 10.0. The summed E-state index contributed by atoms with van der Waals surface area (Å²) in [4.78, 5) is 13.3. The Labute approximate surface area is 232 Å². The summed E-state index contributed by atoms with van der Waals surface area (Å²) >= 11 is 3.96. The predicted molar refractivity (Wildman–Crippen MR) is 148 cm³/mol. The van der Waals surface area contributed by atoms with E-state index in [9.17, 15) is 8.76 Å². The molecule has 202 valence electrons. The van der Waals surface area contributed by atoms with Gasteiger partial charge in [-0.05, 0) is 49.2 Å². The van der Waals surface area contributed by atoms with E-state index >= 15 is 4.39 Å². The molecular weight excluding hydrogens is 543 g/mol. The van der Waals surface area contributed by atoms with Crippen molar-refractivity contribution >= 4 is 28.8 Å². The van der Waals surface area contributed by atoms with Crippen molar-refractivity contribution in [2.45, 2.75) is 24.9 Å². The molecule has 0 amide bonds. The van der Waals surface area contributed by atoms with Gasteiger partial charge in [0.1, 0.15) is 0 Å². The van der Waals surface area contributed by atoms with Crippen molar-refractivity contribution in [2.24, 2.45) is 0 Å². The molecule has 1 saturated heterocycles. The highest BCUT2D eigenvalue weighted by Crippen LogP contribution is 2.39. The number of hydrogen-bond acceptors (Lipinski definition) is 7. The number of pyridine rings is 1. The second kappa shape index (κ2) is 12.6. The van der Waals surface area contributed by atoms with Crippen molar-refractivity contribution in [1.29, 1.82) is 0 Å². The van der Waals surface area contributed by atoms with Gasteiger partial charge in [-0.3, -0.25) is 4.55 Å². The van der Waals surface area contributed by atoms with Crippen LogP contribution in [0.25, 0.3) is 11.3 Å². The van der Waals surface area contributed by atoms with E-state index in [4.69, 9.17) is 16.3 Å². The molecule has 0 spiro atoms. The molecular formula is C27H26ClFN6O3S. The van der Waals surface area contributed by atoms with E-state index in [0.717, 1.165) is 25.9 Å². The molecule has 0 aliphatic carbocycles. The molecule has 5 rings (SSSR count). The average molecular weight is 569 g/mol. The molecule has 1 fully saturated rings. The van der Waals surface area contributed by atoms with E-state index < -0.39 is 23.1 Å². The number of hydrogen-bond donors (Lipinski definition) is 4. The van der Waals surface area contributed by atoms with Crippen molar-refractivity contribution < 1.29 is 17.9 Å². The minimum absolute atomic E-state index is 0.0135. The maximum atomic E-state index is 16.0. The highest BCUT2D eigenvalue weighted by molar-refractivity contribution is 7.77. The lowest BCUT2D eigenvalue weighted by atomic mass is 9.99. The van der Waals surface area contributed by atoms with E-state index in [2.05, 4.69) is 30.3 Å². The molecule has 1 aliphatic rings. The second-order valence-electron chi connectivity index (χ2n) is 8.90. The van der Waals surface area contributed by atoms with Crippen molar-refractivity contribution in [3.05, 3.63) is 95.0 Å². The number of anilines is 1. The quantitative estimate of drug-likeness (QED) is 0.206. The van der Waals surface area contributed by atoms with Crippen LogP contribution >= 0.6 is 11.6 Å². The number of nitrogens with zero attached hydrogens (tertiary/aromatic N) is 3. The van der Waals surface area contributed by atoms with Crippen molar-refractivity contribution in [3.63, 3.8) is 0 Å². The van der Waals surface area contributed by atoms with Gasteiger partial charge in [0.15, 0.2) is 11.6 Å². The topological polar surface area (TPSA) is 121 Å². The van der Waals surface area contributed by atoms with Gasteiger partial charge in [0.05, 0.1) is 22.3 Å². The highest BCUT2D eigenvalue weighted by atomic mass is 35.5. The molecule has 1 unspecified atom stereocenters. The van der Waals surface area contributed by atoms with Gasteiger partial charge in [-0.15, -0.1) is 0 Å². The third-order valence-electron chi connectivity index (χ3n) is 6.27. The van der Waals surface area contributed by atoms with Crippen LogP contribution in [0.1, 0.15) is 30.0 Å². The van der Waals surface area contributed by atoms with Gasteiger partial charge >= 0.3 is 0 Å². The SMILES string of the molecule is O=S(O)N[C@@H](c1ccccc1)c1ccc(Cl)c(Oc2ncccc2-c2ccnc(N[C@H]3CCCNC3)n2)c1F. The Balaban J connectivity index is 1.48. The van der Waals surface area contributed by atoms with Crippen LogP contribution < -0.4 is 20.1 Å². The number of rotatable bonds is 9. The van der Waals surface area contributed by atoms with Crippen LogP contribution in [0.2, 0.25) is 5.02 Å².